The molecule has 1 aromatic rings. The first-order valence-corrected chi connectivity index (χ1v) is 8.98. The number of hydrogen-bond donors (Lipinski definition) is 0. The van der Waals surface area contributed by atoms with E-state index in [-0.39, 0.29) is 11.3 Å². The van der Waals surface area contributed by atoms with E-state index in [0.717, 1.165) is 18.5 Å². The van der Waals surface area contributed by atoms with Crippen molar-refractivity contribution in [3.05, 3.63) is 30.1 Å². The fourth-order valence-corrected chi connectivity index (χ4v) is 3.81. The summed E-state index contributed by atoms with van der Waals surface area (Å²) in [5.41, 5.74) is 0.380. The van der Waals surface area contributed by atoms with E-state index in [9.17, 15) is 9.00 Å². The van der Waals surface area contributed by atoms with Crippen LogP contribution in [0.1, 0.15) is 39.3 Å². The van der Waals surface area contributed by atoms with Crippen LogP contribution in [0.25, 0.3) is 0 Å². The Morgan fingerprint density at radius 2 is 2.05 bits per heavy atom. The minimum atomic E-state index is -0.946. The summed E-state index contributed by atoms with van der Waals surface area (Å²) in [4.78, 5) is 17.9. The van der Waals surface area contributed by atoms with E-state index in [4.69, 9.17) is 4.74 Å². The van der Waals surface area contributed by atoms with Crippen molar-refractivity contribution in [2.24, 2.45) is 0 Å². The van der Waals surface area contributed by atoms with Crippen molar-refractivity contribution in [1.29, 1.82) is 0 Å². The molecule has 1 amide bonds. The van der Waals surface area contributed by atoms with Crippen LogP contribution in [0.5, 0.6) is 0 Å². The van der Waals surface area contributed by atoms with E-state index < -0.39 is 16.4 Å². The van der Waals surface area contributed by atoms with Gasteiger partial charge in [0.25, 0.3) is 0 Å². The van der Waals surface area contributed by atoms with Gasteiger partial charge in [-0.1, -0.05) is 6.07 Å². The van der Waals surface area contributed by atoms with Crippen molar-refractivity contribution in [3.63, 3.8) is 0 Å². The van der Waals surface area contributed by atoms with Crippen LogP contribution < -0.4 is 0 Å². The van der Waals surface area contributed by atoms with Gasteiger partial charge in [0.1, 0.15) is 5.60 Å². The van der Waals surface area contributed by atoms with Gasteiger partial charge in [0.15, 0.2) is 0 Å². The molecule has 1 atom stereocenters. The molecule has 0 radical (unpaired) electrons. The third-order valence-corrected chi connectivity index (χ3v) is 5.28. The lowest BCUT2D eigenvalue weighted by atomic mass is 10.1. The van der Waals surface area contributed by atoms with Crippen molar-refractivity contribution < 1.29 is 13.7 Å². The van der Waals surface area contributed by atoms with E-state index in [1.807, 2.05) is 39.0 Å². The molecule has 0 N–H and O–H groups in total. The molecule has 1 fully saturated rings. The SMILES string of the molecule is CC(C)(C)OC(=O)N1CCC([S@@](=O)Cc2ccccn2)CC1. The van der Waals surface area contributed by atoms with E-state index in [1.54, 1.807) is 11.1 Å². The first-order chi connectivity index (χ1) is 10.3. The van der Waals surface area contributed by atoms with Gasteiger partial charge in [0.2, 0.25) is 0 Å². The molecule has 0 aromatic carbocycles. The average molecular weight is 324 g/mol. The highest BCUT2D eigenvalue weighted by atomic mass is 32.2. The molecule has 0 aliphatic carbocycles. The zero-order valence-corrected chi connectivity index (χ0v) is 14.3. The molecule has 0 saturated carbocycles. The molecule has 1 aromatic heterocycles. The highest BCUT2D eigenvalue weighted by molar-refractivity contribution is 7.84. The predicted octanol–water partition coefficient (Wildman–Crippen LogP) is 2.73. The molecule has 1 saturated heterocycles. The molecule has 5 nitrogen and oxygen atoms in total. The maximum Gasteiger partial charge on any atom is 0.410 e. The summed E-state index contributed by atoms with van der Waals surface area (Å²) in [6.45, 7) is 6.79. The third kappa shape index (κ3) is 5.09. The van der Waals surface area contributed by atoms with Crippen molar-refractivity contribution in [2.45, 2.75) is 50.2 Å². The minimum Gasteiger partial charge on any atom is -0.444 e. The summed E-state index contributed by atoms with van der Waals surface area (Å²) in [5.74, 6) is 0.484. The fourth-order valence-electron chi connectivity index (χ4n) is 2.37. The van der Waals surface area contributed by atoms with Crippen molar-refractivity contribution in [1.82, 2.24) is 9.88 Å². The molecular formula is C16H24N2O3S. The summed E-state index contributed by atoms with van der Waals surface area (Å²) < 4.78 is 17.8. The quantitative estimate of drug-likeness (QED) is 0.858. The smallest absolute Gasteiger partial charge is 0.410 e. The van der Waals surface area contributed by atoms with E-state index in [0.29, 0.717) is 18.8 Å². The van der Waals surface area contributed by atoms with E-state index >= 15 is 0 Å². The fraction of sp³-hybridized carbons (Fsp3) is 0.625. The second-order valence-corrected chi connectivity index (χ2v) is 8.23. The van der Waals surface area contributed by atoms with Gasteiger partial charge in [-0.25, -0.2) is 4.79 Å². The molecule has 6 heteroatoms. The van der Waals surface area contributed by atoms with Gasteiger partial charge in [-0.3, -0.25) is 9.19 Å². The maximum absolute atomic E-state index is 12.4. The van der Waals surface area contributed by atoms with Gasteiger partial charge >= 0.3 is 6.09 Å². The Bertz CT molecular complexity index is 520. The lowest BCUT2D eigenvalue weighted by Crippen LogP contribution is -2.43. The third-order valence-electron chi connectivity index (χ3n) is 3.48. The molecule has 22 heavy (non-hydrogen) atoms. The van der Waals surface area contributed by atoms with Crippen LogP contribution in [0.4, 0.5) is 4.79 Å². The van der Waals surface area contributed by atoms with Crippen LogP contribution in [0, 0.1) is 0 Å². The summed E-state index contributed by atoms with van der Waals surface area (Å²) >= 11 is 0. The van der Waals surface area contributed by atoms with Gasteiger partial charge in [-0.2, -0.15) is 0 Å². The van der Waals surface area contributed by atoms with Crippen LogP contribution in [0.3, 0.4) is 0 Å². The molecule has 2 rings (SSSR count). The second-order valence-electron chi connectivity index (χ2n) is 6.51. The van der Waals surface area contributed by atoms with E-state index in [1.165, 1.54) is 0 Å². The first kappa shape index (κ1) is 16.9. The second kappa shape index (κ2) is 7.22. The van der Waals surface area contributed by atoms with Crippen LogP contribution in [0.2, 0.25) is 0 Å². The average Bonchev–Trinajstić information content (AvgIpc) is 2.46. The molecule has 0 unspecified atom stereocenters. The number of hydrogen-bond acceptors (Lipinski definition) is 4. The van der Waals surface area contributed by atoms with Gasteiger partial charge in [0.05, 0.1) is 11.4 Å². The number of nitrogens with zero attached hydrogens (tertiary/aromatic N) is 2. The standard InChI is InChI=1S/C16H24N2O3S/c1-16(2,3)21-15(19)18-10-7-14(8-11-18)22(20)12-13-6-4-5-9-17-13/h4-6,9,14H,7-8,10-12H2,1-3H3/t22-/m0/s1. The van der Waals surface area contributed by atoms with Crippen LogP contribution in [0.15, 0.2) is 24.4 Å². The highest BCUT2D eigenvalue weighted by Crippen LogP contribution is 2.20. The summed E-state index contributed by atoms with van der Waals surface area (Å²) in [5, 5.41) is 0.126. The van der Waals surface area contributed by atoms with Gasteiger partial charge in [-0.15, -0.1) is 0 Å². The molecule has 1 aliphatic heterocycles. The normalized spacial score (nSPS) is 18.0. The number of aromatic nitrogens is 1. The Morgan fingerprint density at radius 1 is 1.36 bits per heavy atom. The number of likely N-dealkylation sites (tertiary alicyclic amines) is 1. The number of amides is 1. The number of rotatable bonds is 3. The Kier molecular flexibility index (Phi) is 5.56. The van der Waals surface area contributed by atoms with Crippen LogP contribution in [-0.4, -0.2) is 44.1 Å². The Morgan fingerprint density at radius 3 is 2.59 bits per heavy atom. The summed E-state index contributed by atoms with van der Waals surface area (Å²) in [6.07, 6.45) is 2.94. The predicted molar refractivity (Wildman–Crippen MR) is 86.9 cm³/mol. The van der Waals surface area contributed by atoms with E-state index in [2.05, 4.69) is 4.98 Å². The van der Waals surface area contributed by atoms with Crippen LogP contribution >= 0.6 is 0 Å². The topological polar surface area (TPSA) is 59.5 Å². The lowest BCUT2D eigenvalue weighted by molar-refractivity contribution is 0.0218. The van der Waals surface area contributed by atoms with Gasteiger partial charge in [0, 0.05) is 35.3 Å². The summed E-state index contributed by atoms with van der Waals surface area (Å²) in [6, 6.07) is 5.66. The Labute approximate surface area is 134 Å². The largest absolute Gasteiger partial charge is 0.444 e. The number of ether oxygens (including phenoxy) is 1. The van der Waals surface area contributed by atoms with Crippen molar-refractivity contribution >= 4 is 16.9 Å². The lowest BCUT2D eigenvalue weighted by Gasteiger charge is -2.33. The molecule has 0 bridgehead atoms. The maximum atomic E-state index is 12.4. The van der Waals surface area contributed by atoms with Crippen molar-refractivity contribution in [3.8, 4) is 0 Å². The first-order valence-electron chi connectivity index (χ1n) is 7.60. The van der Waals surface area contributed by atoms with Gasteiger partial charge in [-0.05, 0) is 45.7 Å². The Hall–Kier alpha value is -1.43. The van der Waals surface area contributed by atoms with Crippen LogP contribution in [-0.2, 0) is 21.3 Å². The van der Waals surface area contributed by atoms with Gasteiger partial charge < -0.3 is 9.64 Å². The summed E-state index contributed by atoms with van der Waals surface area (Å²) in [7, 11) is -0.946. The Balaban J connectivity index is 1.82. The number of carbonyl (C=O) groups excluding carboxylic acids is 1. The molecule has 0 spiro atoms. The van der Waals surface area contributed by atoms with Crippen molar-refractivity contribution in [2.75, 3.05) is 13.1 Å². The number of pyridine rings is 1. The molecule has 1 aliphatic rings. The molecular weight excluding hydrogens is 300 g/mol. The number of carbonyl (C=O) groups is 1. The highest BCUT2D eigenvalue weighted by Gasteiger charge is 2.29. The number of piperidine rings is 1. The molecule has 122 valence electrons. The minimum absolute atomic E-state index is 0.126. The zero-order chi connectivity index (χ0) is 16.2. The molecule has 2 heterocycles. The zero-order valence-electron chi connectivity index (χ0n) is 13.4. The monoisotopic (exact) mass is 324 g/mol.